The number of Topliss-reactive ketones (excluding diaryl/α,β-unsaturated/α-hetero) is 2. The van der Waals surface area contributed by atoms with Gasteiger partial charge in [0.15, 0.2) is 27.9 Å². The van der Waals surface area contributed by atoms with Crippen LogP contribution in [0.1, 0.15) is 104 Å². The number of hydrogen-bond acceptors (Lipinski definition) is 19. The Kier molecular flexibility index (Phi) is 39.8. The van der Waals surface area contributed by atoms with E-state index in [2.05, 4.69) is 43.4 Å². The molecular formula is C80H79BrCl2N5NaO12S4. The zero-order valence-electron chi connectivity index (χ0n) is 59.6. The number of halogens is 3. The number of nitrogens with zero attached hydrogens (tertiary/aromatic N) is 2. The minimum absolute atomic E-state index is 0. The number of nitrogens with one attached hydrogen (secondary N) is 1. The molecule has 1 amide bonds. The molecule has 0 spiro atoms. The molecule has 0 aliphatic rings. The van der Waals surface area contributed by atoms with Crippen molar-refractivity contribution in [1.82, 2.24) is 4.98 Å². The first-order valence-corrected chi connectivity index (χ1v) is 36.3. The molecule has 0 bridgehead atoms. The first kappa shape index (κ1) is 88.8. The number of nitrogen functional groups attached to an aromatic ring is 1. The van der Waals surface area contributed by atoms with E-state index in [4.69, 9.17) is 92.0 Å². The summed E-state index contributed by atoms with van der Waals surface area (Å²) in [5, 5.41) is 18.2. The summed E-state index contributed by atoms with van der Waals surface area (Å²) in [6.07, 6.45) is 1.98. The van der Waals surface area contributed by atoms with Gasteiger partial charge in [-0.3, -0.25) is 14.4 Å². The van der Waals surface area contributed by atoms with E-state index in [1.165, 1.54) is 17.4 Å². The van der Waals surface area contributed by atoms with Crippen molar-refractivity contribution >= 4 is 158 Å². The van der Waals surface area contributed by atoms with Gasteiger partial charge in [-0.25, -0.2) is 14.6 Å². The fourth-order valence-corrected chi connectivity index (χ4v) is 11.1. The standard InChI is InChI=1S/C21H17ClN2O3S.C19H20O2S.C11H6BrClO3.C11H15NOS.C9H13NO.C8H5NOS.CH3O.Na/c1-12(2)26-18-9-4-3-8-16(18)23-21-24-17(11-28-21)14-10-13-6-5-7-15(22)19(13)27-20(14)25;1-14(2)21-19-11-7-6-10-16(19)12-17(22)13-18(20)15-8-4-3-5-9-15;12-5-9(14)7-4-6-2-1-3-8(13)10(6)16-11(7)15;1-8(2)13-10-6-4-3-5-9(10)7-11(12)14;1-7(2)11-9-6-4-3-5-8(9)10;10-8(9-6-11)7-4-2-1-3-5-7;1-2;/h3-12H,1-2H3,(H,23,24);3-11,14H,12-13H2,1-2H3;1-4H,5H2;3-6,8H,7H2,1-2H3,(H2,12,14);3-7H,10H2,1-2H3;1-5H;1H3;/q;;;;;;-1;+1. The Balaban J connectivity index is 0.000000274. The summed E-state index contributed by atoms with van der Waals surface area (Å²) in [6.45, 7) is 15.9. The number of thiazole rings is 1. The third kappa shape index (κ3) is 30.4. The number of carbonyl (C=O) groups is 3. The second-order valence-corrected chi connectivity index (χ2v) is 26.6. The number of ether oxygens (including phenoxy) is 4. The Morgan fingerprint density at radius 2 is 1.04 bits per heavy atom. The summed E-state index contributed by atoms with van der Waals surface area (Å²) in [5.41, 5.74) is 16.5. The van der Waals surface area contributed by atoms with Crippen LogP contribution in [0.25, 0.3) is 33.2 Å². The van der Waals surface area contributed by atoms with Crippen molar-refractivity contribution in [3.8, 4) is 34.3 Å². The van der Waals surface area contributed by atoms with E-state index in [1.54, 1.807) is 54.6 Å². The number of para-hydroxylation sites is 8. The average Bonchev–Trinajstić information content (AvgIpc) is 1.75. The summed E-state index contributed by atoms with van der Waals surface area (Å²) >= 11 is 31.0. The van der Waals surface area contributed by atoms with Gasteiger partial charge >= 0.3 is 40.8 Å². The van der Waals surface area contributed by atoms with E-state index < -0.39 is 11.3 Å². The second kappa shape index (κ2) is 47.1. The minimum Gasteiger partial charge on any atom is -0.857 e. The molecule has 105 heavy (non-hydrogen) atoms. The topological polar surface area (TPSA) is 261 Å². The van der Waals surface area contributed by atoms with Crippen molar-refractivity contribution in [3.63, 3.8) is 0 Å². The van der Waals surface area contributed by atoms with Gasteiger partial charge in [0.25, 0.3) is 5.91 Å². The number of carbonyl (C=O) groups excluding carboxylic acids is 3. The van der Waals surface area contributed by atoms with E-state index in [1.807, 2.05) is 212 Å². The maximum absolute atomic E-state index is 12.4. The number of amides is 1. The summed E-state index contributed by atoms with van der Waals surface area (Å²) in [6, 6.07) is 62.5. The molecule has 0 aliphatic heterocycles. The first-order chi connectivity index (χ1) is 49.8. The van der Waals surface area contributed by atoms with E-state index >= 15 is 0 Å². The molecule has 0 saturated carbocycles. The van der Waals surface area contributed by atoms with Crippen molar-refractivity contribution in [3.05, 3.63) is 270 Å². The molecule has 25 heteroatoms. The summed E-state index contributed by atoms with van der Waals surface area (Å²) in [5.74, 6) is 2.63. The van der Waals surface area contributed by atoms with Gasteiger partial charge in [-0.05, 0) is 146 Å². The van der Waals surface area contributed by atoms with Crippen LogP contribution in [-0.2, 0) is 12.8 Å². The Hall–Kier alpha value is -8.58. The summed E-state index contributed by atoms with van der Waals surface area (Å²) in [4.78, 5) is 67.6. The van der Waals surface area contributed by atoms with Gasteiger partial charge in [-0.15, -0.1) is 11.3 Å². The molecule has 3 heterocycles. The zero-order chi connectivity index (χ0) is 76.3. The smallest absolute Gasteiger partial charge is 0.857 e. The number of ketones is 2. The molecule has 17 nitrogen and oxygen atoms in total. The van der Waals surface area contributed by atoms with E-state index in [0.29, 0.717) is 77.6 Å². The van der Waals surface area contributed by atoms with Crippen LogP contribution in [0.15, 0.2) is 235 Å². The van der Waals surface area contributed by atoms with Crippen LogP contribution >= 0.6 is 87.1 Å². The molecule has 542 valence electrons. The van der Waals surface area contributed by atoms with E-state index in [-0.39, 0.29) is 88.8 Å². The maximum Gasteiger partial charge on any atom is 1.00 e. The Morgan fingerprint density at radius 3 is 1.55 bits per heavy atom. The average molecular weight is 1600 g/mol. The molecule has 3 aromatic heterocycles. The van der Waals surface area contributed by atoms with Crippen LogP contribution in [0, 0.1) is 0 Å². The summed E-state index contributed by atoms with van der Waals surface area (Å²) in [7, 11) is 0.750. The van der Waals surface area contributed by atoms with Gasteiger partial charge in [0.1, 0.15) is 28.6 Å². The molecular weight excluding hydrogens is 1520 g/mol. The number of fused-ring (bicyclic) bond motifs is 2. The normalized spacial score (nSPS) is 10.1. The van der Waals surface area contributed by atoms with Crippen molar-refractivity contribution < 1.29 is 76.8 Å². The maximum atomic E-state index is 12.4. The van der Waals surface area contributed by atoms with Gasteiger partial charge < -0.3 is 49.7 Å². The number of alkyl halides is 1. The largest absolute Gasteiger partial charge is 1.00 e. The van der Waals surface area contributed by atoms with Crippen LogP contribution in [-0.4, -0.2) is 74.3 Å². The molecule has 0 atom stereocenters. The van der Waals surface area contributed by atoms with Gasteiger partial charge in [-0.2, -0.15) is 12.1 Å². The molecule has 0 saturated heterocycles. The van der Waals surface area contributed by atoms with Crippen LogP contribution < -0.4 is 81.6 Å². The molecule has 0 aliphatic carbocycles. The second-order valence-electron chi connectivity index (χ2n) is 23.0. The molecule has 0 unspecified atom stereocenters. The number of hydrogen-bond donors (Lipinski definition) is 3. The minimum atomic E-state index is -0.662. The van der Waals surface area contributed by atoms with Crippen LogP contribution in [0.2, 0.25) is 10.0 Å². The Bertz CT molecular complexity index is 4810. The van der Waals surface area contributed by atoms with Gasteiger partial charge in [0, 0.05) is 57.0 Å². The number of isothiocyanates is 1. The van der Waals surface area contributed by atoms with Crippen molar-refractivity contribution in [2.24, 2.45) is 10.7 Å². The fraction of sp³-hybridized carbons (Fsp3) is 0.212. The zero-order valence-corrected chi connectivity index (χ0v) is 67.9. The Morgan fingerprint density at radius 1 is 0.590 bits per heavy atom. The first-order valence-electron chi connectivity index (χ1n) is 32.3. The summed E-state index contributed by atoms with van der Waals surface area (Å²) < 4.78 is 33.1. The fourth-order valence-electron chi connectivity index (χ4n) is 9.09. The number of rotatable bonds is 21. The molecule has 11 aromatic rings. The van der Waals surface area contributed by atoms with Crippen molar-refractivity contribution in [1.29, 1.82) is 0 Å². The number of thiocarbonyl (C=S) groups is 3. The van der Waals surface area contributed by atoms with E-state index in [0.717, 1.165) is 57.2 Å². The predicted molar refractivity (Wildman–Crippen MR) is 435 cm³/mol. The molecule has 0 radical (unpaired) electrons. The number of anilines is 3. The van der Waals surface area contributed by atoms with Crippen LogP contribution in [0.3, 0.4) is 0 Å². The van der Waals surface area contributed by atoms with Crippen LogP contribution in [0.4, 0.5) is 16.5 Å². The van der Waals surface area contributed by atoms with E-state index in [9.17, 15) is 24.0 Å². The molecule has 11 rings (SSSR count). The van der Waals surface area contributed by atoms with Gasteiger partial charge in [-0.1, -0.05) is 197 Å². The Labute approximate surface area is 671 Å². The van der Waals surface area contributed by atoms with Gasteiger partial charge in [0.2, 0.25) is 0 Å². The SMILES string of the molecule is CC(C)Oc1ccccc1CC(=S)CC(=O)c1ccccc1.CC(C)Oc1ccccc1CC(N)=S.CC(C)Oc1ccccc1N.CC(C)Oc1ccccc1Nc1nc(-c2cc3cccc(Cl)c3oc2=O)cs1.C[O-].O=C(CBr)c1cc2cccc(Cl)c2oc1=O.O=C(N=C=S)c1ccccc1.[Na+]. The number of nitrogens with two attached hydrogens (primary N) is 2. The third-order valence-corrected chi connectivity index (χ3v) is 15.8. The monoisotopic (exact) mass is 1600 g/mol. The predicted octanol–water partition coefficient (Wildman–Crippen LogP) is 16.1. The number of benzene rings is 8. The third-order valence-electron chi connectivity index (χ3n) is 13.4. The van der Waals surface area contributed by atoms with Crippen molar-refractivity contribution in [2.45, 2.75) is 99.1 Å². The number of aromatic nitrogens is 1. The quantitative estimate of drug-likeness (QED) is 0.0115. The van der Waals surface area contributed by atoms with Gasteiger partial charge in [0.05, 0.1) is 72.6 Å². The molecule has 0 fully saturated rings. The van der Waals surface area contributed by atoms with Crippen LogP contribution in [0.5, 0.6) is 23.0 Å². The number of aliphatic imine (C=N–C) groups is 1. The molecule has 5 N–H and O–H groups in total. The van der Waals surface area contributed by atoms with Crippen molar-refractivity contribution in [2.75, 3.05) is 23.5 Å². The molecule has 8 aromatic carbocycles.